The Hall–Kier alpha value is -1.68. The molecule has 0 aromatic heterocycles. The van der Waals surface area contributed by atoms with Gasteiger partial charge in [0.05, 0.1) is 0 Å². The standard InChI is InChI=1S/C9H11F6NO4/c10-8(11,12)4-19-6(17)2-1-3-16-7(18)20-5-9(13,14)15/h1-5H2,(H,16,18). The molecule has 0 radical (unpaired) electrons. The van der Waals surface area contributed by atoms with Crippen molar-refractivity contribution in [3.63, 3.8) is 0 Å². The minimum atomic E-state index is -4.65. The fourth-order valence-corrected chi connectivity index (χ4v) is 0.856. The molecule has 0 aromatic rings. The lowest BCUT2D eigenvalue weighted by Gasteiger charge is -2.09. The molecule has 118 valence electrons. The Morgan fingerprint density at radius 2 is 1.40 bits per heavy atom. The monoisotopic (exact) mass is 311 g/mol. The normalized spacial score (nSPS) is 11.9. The first-order chi connectivity index (χ1) is 8.99. The van der Waals surface area contributed by atoms with Crippen molar-refractivity contribution in [2.75, 3.05) is 19.8 Å². The van der Waals surface area contributed by atoms with Crippen molar-refractivity contribution < 1.29 is 45.4 Å². The van der Waals surface area contributed by atoms with Crippen LogP contribution in [0.3, 0.4) is 0 Å². The van der Waals surface area contributed by atoms with Gasteiger partial charge in [0.25, 0.3) is 0 Å². The predicted molar refractivity (Wildman–Crippen MR) is 51.7 cm³/mol. The largest absolute Gasteiger partial charge is 0.456 e. The highest BCUT2D eigenvalue weighted by atomic mass is 19.4. The molecule has 0 atom stereocenters. The zero-order valence-corrected chi connectivity index (χ0v) is 9.94. The molecule has 0 bridgehead atoms. The predicted octanol–water partition coefficient (Wildman–Crippen LogP) is 2.16. The van der Waals surface area contributed by atoms with E-state index in [-0.39, 0.29) is 13.0 Å². The van der Waals surface area contributed by atoms with Crippen LogP contribution in [0, 0.1) is 0 Å². The highest BCUT2D eigenvalue weighted by molar-refractivity contribution is 5.69. The third-order valence-corrected chi connectivity index (χ3v) is 1.59. The number of nitrogens with one attached hydrogen (secondary N) is 1. The number of rotatable bonds is 6. The van der Waals surface area contributed by atoms with Gasteiger partial charge in [-0.3, -0.25) is 4.79 Å². The van der Waals surface area contributed by atoms with Gasteiger partial charge in [-0.25, -0.2) is 4.79 Å². The first-order valence-corrected chi connectivity index (χ1v) is 5.19. The fraction of sp³-hybridized carbons (Fsp3) is 0.778. The van der Waals surface area contributed by atoms with Crippen molar-refractivity contribution in [2.24, 2.45) is 0 Å². The summed E-state index contributed by atoms with van der Waals surface area (Å²) < 4.78 is 77.5. The second-order valence-corrected chi connectivity index (χ2v) is 3.50. The highest BCUT2D eigenvalue weighted by Gasteiger charge is 2.30. The van der Waals surface area contributed by atoms with Crippen LogP contribution in [-0.4, -0.2) is 44.2 Å². The Balaban J connectivity index is 3.61. The molecule has 0 aliphatic carbocycles. The quantitative estimate of drug-likeness (QED) is 0.464. The van der Waals surface area contributed by atoms with Gasteiger partial charge in [-0.1, -0.05) is 0 Å². The summed E-state index contributed by atoms with van der Waals surface area (Å²) >= 11 is 0. The molecule has 0 aliphatic heterocycles. The Morgan fingerprint density at radius 3 is 1.90 bits per heavy atom. The number of alkyl carbamates (subject to hydrolysis) is 1. The van der Waals surface area contributed by atoms with Crippen LogP contribution in [0.15, 0.2) is 0 Å². The molecule has 5 nitrogen and oxygen atoms in total. The smallest absolute Gasteiger partial charge is 0.422 e. The lowest BCUT2D eigenvalue weighted by Crippen LogP contribution is -2.30. The van der Waals surface area contributed by atoms with Gasteiger partial charge in [-0.05, 0) is 6.42 Å². The van der Waals surface area contributed by atoms with Crippen LogP contribution in [0.4, 0.5) is 31.1 Å². The molecule has 0 fully saturated rings. The maximum Gasteiger partial charge on any atom is 0.422 e. The summed E-state index contributed by atoms with van der Waals surface area (Å²) in [6.07, 6.45) is -11.1. The van der Waals surface area contributed by atoms with E-state index in [2.05, 4.69) is 9.47 Å². The molecular formula is C9H11F6NO4. The summed E-state index contributed by atoms with van der Waals surface area (Å²) in [5.74, 6) is -1.13. The summed E-state index contributed by atoms with van der Waals surface area (Å²) in [6, 6.07) is 0. The van der Waals surface area contributed by atoms with Crippen molar-refractivity contribution in [3.05, 3.63) is 0 Å². The molecule has 0 rings (SSSR count). The molecule has 11 heteroatoms. The Labute approximate surface area is 109 Å². The van der Waals surface area contributed by atoms with Crippen molar-refractivity contribution >= 4 is 12.1 Å². The first kappa shape index (κ1) is 18.3. The first-order valence-electron chi connectivity index (χ1n) is 5.19. The summed E-state index contributed by atoms with van der Waals surface area (Å²) in [5, 5.41) is 1.89. The van der Waals surface area contributed by atoms with Gasteiger partial charge in [0, 0.05) is 13.0 Å². The Kier molecular flexibility index (Phi) is 7.14. The molecule has 0 heterocycles. The number of amides is 1. The van der Waals surface area contributed by atoms with E-state index in [9.17, 15) is 35.9 Å². The van der Waals surface area contributed by atoms with Gasteiger partial charge < -0.3 is 14.8 Å². The lowest BCUT2D eigenvalue weighted by atomic mass is 10.3. The average molecular weight is 311 g/mol. The molecule has 0 spiro atoms. The van der Waals surface area contributed by atoms with E-state index in [0.717, 1.165) is 0 Å². The number of carbonyl (C=O) groups is 2. The third-order valence-electron chi connectivity index (χ3n) is 1.59. The van der Waals surface area contributed by atoms with Gasteiger partial charge in [-0.2, -0.15) is 26.3 Å². The third kappa shape index (κ3) is 12.8. The van der Waals surface area contributed by atoms with Crippen molar-refractivity contribution in [3.8, 4) is 0 Å². The summed E-state index contributed by atoms with van der Waals surface area (Å²) in [4.78, 5) is 21.5. The van der Waals surface area contributed by atoms with Crippen molar-refractivity contribution in [1.82, 2.24) is 5.32 Å². The van der Waals surface area contributed by atoms with E-state index in [4.69, 9.17) is 0 Å². The average Bonchev–Trinajstić information content (AvgIpc) is 2.27. The Bertz CT molecular complexity index is 295. The SMILES string of the molecule is O=C(CCCNC(=O)OCC(F)(F)F)OCC(F)(F)F. The van der Waals surface area contributed by atoms with Crippen molar-refractivity contribution in [2.45, 2.75) is 25.2 Å². The number of ether oxygens (including phenoxy) is 2. The summed E-state index contributed by atoms with van der Waals surface area (Å²) in [5.41, 5.74) is 0. The van der Waals surface area contributed by atoms with Crippen LogP contribution >= 0.6 is 0 Å². The van der Waals surface area contributed by atoms with E-state index in [1.807, 2.05) is 5.32 Å². The molecule has 20 heavy (non-hydrogen) atoms. The van der Waals surface area contributed by atoms with E-state index < -0.39 is 44.0 Å². The van der Waals surface area contributed by atoms with Crippen LogP contribution in [0.5, 0.6) is 0 Å². The number of carbonyl (C=O) groups excluding carboxylic acids is 2. The zero-order valence-electron chi connectivity index (χ0n) is 9.94. The van der Waals surface area contributed by atoms with Crippen LogP contribution in [0.1, 0.15) is 12.8 Å². The lowest BCUT2D eigenvalue weighted by molar-refractivity contribution is -0.186. The minimum Gasteiger partial charge on any atom is -0.456 e. The van der Waals surface area contributed by atoms with Crippen molar-refractivity contribution in [1.29, 1.82) is 0 Å². The molecule has 0 aromatic carbocycles. The maximum absolute atomic E-state index is 11.6. The molecular weight excluding hydrogens is 300 g/mol. The number of hydrogen-bond acceptors (Lipinski definition) is 4. The van der Waals surface area contributed by atoms with Crippen LogP contribution < -0.4 is 5.32 Å². The van der Waals surface area contributed by atoms with E-state index >= 15 is 0 Å². The number of halogens is 6. The molecule has 0 unspecified atom stereocenters. The second-order valence-electron chi connectivity index (χ2n) is 3.50. The van der Waals surface area contributed by atoms with Gasteiger partial charge in [0.15, 0.2) is 13.2 Å². The maximum atomic E-state index is 11.6. The van der Waals surface area contributed by atoms with Crippen LogP contribution in [-0.2, 0) is 14.3 Å². The summed E-state index contributed by atoms with van der Waals surface area (Å²) in [7, 11) is 0. The molecule has 0 saturated heterocycles. The molecule has 1 N–H and O–H groups in total. The highest BCUT2D eigenvalue weighted by Crippen LogP contribution is 2.15. The van der Waals surface area contributed by atoms with E-state index in [1.54, 1.807) is 0 Å². The molecule has 0 saturated carbocycles. The zero-order chi connectivity index (χ0) is 15.8. The van der Waals surface area contributed by atoms with E-state index in [1.165, 1.54) is 0 Å². The topological polar surface area (TPSA) is 64.6 Å². The van der Waals surface area contributed by atoms with Crippen LogP contribution in [0.2, 0.25) is 0 Å². The van der Waals surface area contributed by atoms with E-state index in [0.29, 0.717) is 0 Å². The van der Waals surface area contributed by atoms with Gasteiger partial charge in [-0.15, -0.1) is 0 Å². The van der Waals surface area contributed by atoms with Crippen LogP contribution in [0.25, 0.3) is 0 Å². The summed E-state index contributed by atoms with van der Waals surface area (Å²) in [6.45, 7) is -3.71. The molecule has 0 aliphatic rings. The van der Waals surface area contributed by atoms with Gasteiger partial charge in [0.1, 0.15) is 0 Å². The minimum absolute atomic E-state index is 0.0994. The molecule has 1 amide bonds. The number of alkyl halides is 6. The number of hydrogen-bond donors (Lipinski definition) is 1. The van der Waals surface area contributed by atoms with Gasteiger partial charge >= 0.3 is 24.4 Å². The van der Waals surface area contributed by atoms with Gasteiger partial charge in [0.2, 0.25) is 0 Å². The fourth-order valence-electron chi connectivity index (χ4n) is 0.856. The second kappa shape index (κ2) is 7.80. The Morgan fingerprint density at radius 1 is 0.900 bits per heavy atom. The number of esters is 1.